The zero-order valence-corrected chi connectivity index (χ0v) is 17.7. The summed E-state index contributed by atoms with van der Waals surface area (Å²) in [6.45, 7) is 0.801. The molecule has 6 rings (SSSR count). The second kappa shape index (κ2) is 7.54. The third-order valence-corrected chi connectivity index (χ3v) is 5.96. The van der Waals surface area contributed by atoms with Crippen molar-refractivity contribution in [2.24, 2.45) is 5.92 Å². The fourth-order valence-corrected chi connectivity index (χ4v) is 3.82. The summed E-state index contributed by atoms with van der Waals surface area (Å²) in [6, 6.07) is 14.3. The lowest BCUT2D eigenvalue weighted by molar-refractivity contribution is 0.300. The van der Waals surface area contributed by atoms with Gasteiger partial charge in [-0.1, -0.05) is 11.6 Å². The molecule has 6 nitrogen and oxygen atoms in total. The molecule has 2 fully saturated rings. The molecule has 156 valence electrons. The molecule has 3 heterocycles. The van der Waals surface area contributed by atoms with E-state index in [0.29, 0.717) is 17.0 Å². The molecule has 0 unspecified atom stereocenters. The van der Waals surface area contributed by atoms with Gasteiger partial charge in [0.25, 0.3) is 0 Å². The number of ether oxygens (including phenoxy) is 1. The third-order valence-electron chi connectivity index (χ3n) is 5.73. The molecule has 1 aromatic carbocycles. The van der Waals surface area contributed by atoms with Crippen molar-refractivity contribution >= 4 is 23.1 Å². The van der Waals surface area contributed by atoms with E-state index in [9.17, 15) is 0 Å². The molecule has 0 amide bonds. The zero-order chi connectivity index (χ0) is 20.8. The molecule has 2 saturated carbocycles. The van der Waals surface area contributed by atoms with Gasteiger partial charge in [0.2, 0.25) is 5.95 Å². The smallest absolute Gasteiger partial charge is 0.223 e. The van der Waals surface area contributed by atoms with E-state index in [0.717, 1.165) is 46.3 Å². The van der Waals surface area contributed by atoms with Gasteiger partial charge in [-0.2, -0.15) is 5.10 Å². The first-order valence-electron chi connectivity index (χ1n) is 10.7. The summed E-state index contributed by atoms with van der Waals surface area (Å²) in [5.74, 6) is 2.27. The van der Waals surface area contributed by atoms with Crippen LogP contribution in [0.3, 0.4) is 0 Å². The SMILES string of the molecule is Clc1ccn2nc(-c3ccc(OCC4CC4)cc3)c(-c3ccnc(NC4CC4)n3)c2c1. The van der Waals surface area contributed by atoms with Gasteiger partial charge >= 0.3 is 0 Å². The van der Waals surface area contributed by atoms with Gasteiger partial charge in [-0.05, 0) is 74.1 Å². The number of benzene rings is 1. The minimum atomic E-state index is 0.483. The number of pyridine rings is 1. The summed E-state index contributed by atoms with van der Waals surface area (Å²) in [7, 11) is 0. The van der Waals surface area contributed by atoms with E-state index in [1.54, 1.807) is 6.20 Å². The van der Waals surface area contributed by atoms with E-state index in [2.05, 4.69) is 22.4 Å². The Bertz CT molecular complexity index is 1240. The lowest BCUT2D eigenvalue weighted by Crippen LogP contribution is -2.05. The van der Waals surface area contributed by atoms with E-state index >= 15 is 0 Å². The second-order valence-electron chi connectivity index (χ2n) is 8.36. The van der Waals surface area contributed by atoms with Gasteiger partial charge in [0.1, 0.15) is 11.4 Å². The lowest BCUT2D eigenvalue weighted by Gasteiger charge is -2.08. The van der Waals surface area contributed by atoms with E-state index in [1.807, 2.05) is 41.0 Å². The highest BCUT2D eigenvalue weighted by Crippen LogP contribution is 2.36. The first kappa shape index (κ1) is 18.6. The molecule has 3 aromatic heterocycles. The molecule has 1 N–H and O–H groups in total. The summed E-state index contributed by atoms with van der Waals surface area (Å²) in [6.07, 6.45) is 8.56. The zero-order valence-electron chi connectivity index (χ0n) is 17.0. The molecule has 4 aromatic rings. The first-order chi connectivity index (χ1) is 15.2. The highest BCUT2D eigenvalue weighted by molar-refractivity contribution is 6.31. The number of anilines is 1. The minimum absolute atomic E-state index is 0.483. The van der Waals surface area contributed by atoms with Crippen LogP contribution >= 0.6 is 11.6 Å². The Morgan fingerprint density at radius 2 is 1.90 bits per heavy atom. The molecular formula is C24H22ClN5O. The van der Waals surface area contributed by atoms with Gasteiger partial charge in [-0.3, -0.25) is 0 Å². The van der Waals surface area contributed by atoms with Crippen LogP contribution in [0.1, 0.15) is 25.7 Å². The standard InChI is InChI=1S/C24H22ClN5O/c25-17-10-12-30-21(13-17)22(20-9-11-26-24(28-20)27-18-5-6-18)23(29-30)16-3-7-19(8-4-16)31-14-15-1-2-15/h3-4,7-13,15,18H,1-2,5-6,14H2,(H,26,27,28). The Hall–Kier alpha value is -3.12. The van der Waals surface area contributed by atoms with Crippen LogP contribution in [0.2, 0.25) is 5.02 Å². The lowest BCUT2D eigenvalue weighted by atomic mass is 10.0. The van der Waals surface area contributed by atoms with Crippen molar-refractivity contribution in [3.05, 3.63) is 59.9 Å². The normalized spacial score (nSPS) is 15.9. The van der Waals surface area contributed by atoms with E-state index in [4.69, 9.17) is 26.4 Å². The van der Waals surface area contributed by atoms with Gasteiger partial charge in [-0.15, -0.1) is 0 Å². The van der Waals surface area contributed by atoms with Gasteiger partial charge in [-0.25, -0.2) is 14.5 Å². The molecule has 2 aliphatic carbocycles. The largest absolute Gasteiger partial charge is 0.493 e. The van der Waals surface area contributed by atoms with Crippen molar-refractivity contribution in [3.8, 4) is 28.3 Å². The van der Waals surface area contributed by atoms with Gasteiger partial charge in [0.15, 0.2) is 0 Å². The highest BCUT2D eigenvalue weighted by Gasteiger charge is 2.24. The van der Waals surface area contributed by atoms with Crippen LogP contribution in [-0.2, 0) is 0 Å². The molecule has 0 aliphatic heterocycles. The monoisotopic (exact) mass is 431 g/mol. The molecule has 0 radical (unpaired) electrons. The number of hydrogen-bond acceptors (Lipinski definition) is 5. The van der Waals surface area contributed by atoms with Crippen molar-refractivity contribution in [2.75, 3.05) is 11.9 Å². The second-order valence-corrected chi connectivity index (χ2v) is 8.80. The van der Waals surface area contributed by atoms with Crippen LogP contribution < -0.4 is 10.1 Å². The number of rotatable bonds is 7. The summed E-state index contributed by atoms with van der Waals surface area (Å²) >= 11 is 6.33. The molecule has 0 spiro atoms. The molecule has 0 atom stereocenters. The fourth-order valence-electron chi connectivity index (χ4n) is 3.66. The summed E-state index contributed by atoms with van der Waals surface area (Å²) in [5.41, 5.74) is 4.53. The van der Waals surface area contributed by atoms with Crippen LogP contribution in [0.25, 0.3) is 28.0 Å². The molecule has 31 heavy (non-hydrogen) atoms. The molecule has 2 aliphatic rings. The summed E-state index contributed by atoms with van der Waals surface area (Å²) in [4.78, 5) is 9.18. The number of hydrogen-bond donors (Lipinski definition) is 1. The summed E-state index contributed by atoms with van der Waals surface area (Å²) < 4.78 is 7.75. The molecular weight excluding hydrogens is 410 g/mol. The average Bonchev–Trinajstić information content (AvgIpc) is 3.72. The predicted molar refractivity (Wildman–Crippen MR) is 122 cm³/mol. The van der Waals surface area contributed by atoms with Crippen LogP contribution in [0.4, 0.5) is 5.95 Å². The maximum absolute atomic E-state index is 6.33. The summed E-state index contributed by atoms with van der Waals surface area (Å²) in [5, 5.41) is 8.90. The van der Waals surface area contributed by atoms with Gasteiger partial charge in [0.05, 0.1) is 23.4 Å². The topological polar surface area (TPSA) is 64.3 Å². The van der Waals surface area contributed by atoms with Crippen molar-refractivity contribution in [2.45, 2.75) is 31.7 Å². The number of nitrogens with one attached hydrogen (secondary N) is 1. The van der Waals surface area contributed by atoms with Crippen LogP contribution in [0.5, 0.6) is 5.75 Å². The van der Waals surface area contributed by atoms with Crippen molar-refractivity contribution in [1.29, 1.82) is 0 Å². The van der Waals surface area contributed by atoms with Gasteiger partial charge < -0.3 is 10.1 Å². The number of nitrogens with zero attached hydrogens (tertiary/aromatic N) is 4. The van der Waals surface area contributed by atoms with Crippen LogP contribution in [0.15, 0.2) is 54.9 Å². The Kier molecular flexibility index (Phi) is 4.53. The Balaban J connectivity index is 1.42. The molecule has 7 heteroatoms. The van der Waals surface area contributed by atoms with Crippen LogP contribution in [-0.4, -0.2) is 32.2 Å². The van der Waals surface area contributed by atoms with E-state index in [-0.39, 0.29) is 0 Å². The first-order valence-corrected chi connectivity index (χ1v) is 11.1. The Morgan fingerprint density at radius 3 is 2.68 bits per heavy atom. The van der Waals surface area contributed by atoms with Crippen molar-refractivity contribution in [3.63, 3.8) is 0 Å². The van der Waals surface area contributed by atoms with Crippen molar-refractivity contribution in [1.82, 2.24) is 19.6 Å². The molecule has 0 bridgehead atoms. The average molecular weight is 432 g/mol. The van der Waals surface area contributed by atoms with Crippen LogP contribution in [0, 0.1) is 5.92 Å². The van der Waals surface area contributed by atoms with E-state index in [1.165, 1.54) is 25.7 Å². The minimum Gasteiger partial charge on any atom is -0.493 e. The van der Waals surface area contributed by atoms with Gasteiger partial charge in [0, 0.05) is 29.0 Å². The molecule has 0 saturated heterocycles. The Labute approximate surface area is 185 Å². The third kappa shape index (κ3) is 3.95. The maximum atomic E-state index is 6.33. The predicted octanol–water partition coefficient (Wildman–Crippen LogP) is 5.47. The van der Waals surface area contributed by atoms with Crippen molar-refractivity contribution < 1.29 is 4.74 Å². The number of aromatic nitrogens is 4. The number of fused-ring (bicyclic) bond motifs is 1. The fraction of sp³-hybridized carbons (Fsp3) is 0.292. The van der Waals surface area contributed by atoms with E-state index < -0.39 is 0 Å². The maximum Gasteiger partial charge on any atom is 0.223 e. The highest BCUT2D eigenvalue weighted by atomic mass is 35.5. The quantitative estimate of drug-likeness (QED) is 0.420. The Morgan fingerprint density at radius 1 is 1.06 bits per heavy atom. The number of halogens is 1.